The van der Waals surface area contributed by atoms with Crippen molar-refractivity contribution >= 4 is 11.7 Å². The molecule has 0 heterocycles. The molecule has 1 N–H and O–H groups in total. The molecule has 6 heteroatoms. The third kappa shape index (κ3) is 3.26. The van der Waals surface area contributed by atoms with Gasteiger partial charge in [0.05, 0.1) is 17.1 Å². The van der Waals surface area contributed by atoms with Gasteiger partial charge in [-0.15, -0.1) is 0 Å². The fourth-order valence-corrected chi connectivity index (χ4v) is 2.46. The molecule has 1 saturated carbocycles. The number of nitro benzene ring substituents is 1. The van der Waals surface area contributed by atoms with Crippen molar-refractivity contribution in [2.24, 2.45) is 5.92 Å². The Morgan fingerprint density at radius 3 is 2.55 bits per heavy atom. The highest BCUT2D eigenvalue weighted by Crippen LogP contribution is 2.30. The topological polar surface area (TPSA) is 89.7 Å². The minimum absolute atomic E-state index is 0.0569. The summed E-state index contributed by atoms with van der Waals surface area (Å²) < 4.78 is 5.73. The standard InChI is InChI=1S/C14H17NO5/c1-9-2-4-10(5-3-9)20-11-6-7-12(14(16)17)13(8-11)15(18)19/h6-10H,2-5H2,1H3,(H,16,17). The molecule has 0 atom stereocenters. The molecule has 1 fully saturated rings. The average molecular weight is 279 g/mol. The zero-order chi connectivity index (χ0) is 14.7. The Hall–Kier alpha value is -2.11. The molecule has 1 aliphatic rings. The summed E-state index contributed by atoms with van der Waals surface area (Å²) >= 11 is 0. The molecule has 108 valence electrons. The smallest absolute Gasteiger partial charge is 0.342 e. The number of aromatic carboxylic acids is 1. The van der Waals surface area contributed by atoms with Gasteiger partial charge in [0.1, 0.15) is 11.3 Å². The summed E-state index contributed by atoms with van der Waals surface area (Å²) in [6.45, 7) is 2.20. The monoisotopic (exact) mass is 279 g/mol. The third-order valence-electron chi connectivity index (χ3n) is 3.66. The number of nitrogens with zero attached hydrogens (tertiary/aromatic N) is 1. The summed E-state index contributed by atoms with van der Waals surface area (Å²) in [5.41, 5.74) is -0.751. The molecule has 0 radical (unpaired) electrons. The maximum Gasteiger partial charge on any atom is 0.342 e. The molecule has 1 aliphatic carbocycles. The van der Waals surface area contributed by atoms with E-state index in [-0.39, 0.29) is 11.7 Å². The van der Waals surface area contributed by atoms with E-state index in [9.17, 15) is 14.9 Å². The van der Waals surface area contributed by atoms with Gasteiger partial charge in [0.2, 0.25) is 0 Å². The van der Waals surface area contributed by atoms with Crippen molar-refractivity contribution in [3.8, 4) is 5.75 Å². The van der Waals surface area contributed by atoms with Gasteiger partial charge in [0.15, 0.2) is 0 Å². The van der Waals surface area contributed by atoms with E-state index >= 15 is 0 Å². The Kier molecular flexibility index (Phi) is 4.22. The largest absolute Gasteiger partial charge is 0.490 e. The van der Waals surface area contributed by atoms with Crippen molar-refractivity contribution in [3.63, 3.8) is 0 Å². The van der Waals surface area contributed by atoms with E-state index in [0.717, 1.165) is 25.7 Å². The molecule has 0 aromatic heterocycles. The first-order valence-corrected chi connectivity index (χ1v) is 6.65. The Morgan fingerprint density at radius 2 is 2.00 bits per heavy atom. The predicted octanol–water partition coefficient (Wildman–Crippen LogP) is 3.25. The van der Waals surface area contributed by atoms with Gasteiger partial charge in [-0.25, -0.2) is 4.79 Å². The number of carboxylic acids is 1. The summed E-state index contributed by atoms with van der Waals surface area (Å²) in [4.78, 5) is 21.1. The fraction of sp³-hybridized carbons (Fsp3) is 0.500. The predicted molar refractivity (Wildman–Crippen MR) is 72.1 cm³/mol. The highest BCUT2D eigenvalue weighted by Gasteiger charge is 2.23. The van der Waals surface area contributed by atoms with Crippen molar-refractivity contribution in [2.45, 2.75) is 38.7 Å². The maximum absolute atomic E-state index is 10.9. The lowest BCUT2D eigenvalue weighted by molar-refractivity contribution is -0.385. The van der Waals surface area contributed by atoms with Crippen LogP contribution in [0, 0.1) is 16.0 Å². The molecule has 20 heavy (non-hydrogen) atoms. The number of carbonyl (C=O) groups is 1. The number of benzene rings is 1. The van der Waals surface area contributed by atoms with Crippen LogP contribution in [-0.4, -0.2) is 22.1 Å². The number of ether oxygens (including phenoxy) is 1. The first kappa shape index (κ1) is 14.3. The molecular formula is C14H17NO5. The van der Waals surface area contributed by atoms with Crippen LogP contribution in [0.1, 0.15) is 43.0 Å². The van der Waals surface area contributed by atoms with Gasteiger partial charge in [0, 0.05) is 0 Å². The number of nitro groups is 1. The molecule has 1 aromatic carbocycles. The lowest BCUT2D eigenvalue weighted by Gasteiger charge is -2.26. The summed E-state index contributed by atoms with van der Waals surface area (Å²) in [5.74, 6) is -0.255. The van der Waals surface area contributed by atoms with E-state index in [1.807, 2.05) is 0 Å². The minimum Gasteiger partial charge on any atom is -0.490 e. The van der Waals surface area contributed by atoms with Crippen LogP contribution in [0.4, 0.5) is 5.69 Å². The molecule has 1 aromatic rings. The molecule has 0 amide bonds. The van der Waals surface area contributed by atoms with Gasteiger partial charge < -0.3 is 9.84 Å². The molecule has 0 bridgehead atoms. The van der Waals surface area contributed by atoms with E-state index in [0.29, 0.717) is 11.7 Å². The molecule has 0 unspecified atom stereocenters. The van der Waals surface area contributed by atoms with Crippen molar-refractivity contribution in [1.29, 1.82) is 0 Å². The van der Waals surface area contributed by atoms with Crippen LogP contribution in [0.15, 0.2) is 18.2 Å². The van der Waals surface area contributed by atoms with Crippen LogP contribution in [0.5, 0.6) is 5.75 Å². The van der Waals surface area contributed by atoms with Gasteiger partial charge >= 0.3 is 5.97 Å². The quantitative estimate of drug-likeness (QED) is 0.675. The lowest BCUT2D eigenvalue weighted by Crippen LogP contribution is -2.23. The Balaban J connectivity index is 2.15. The van der Waals surface area contributed by atoms with E-state index < -0.39 is 16.6 Å². The third-order valence-corrected chi connectivity index (χ3v) is 3.66. The van der Waals surface area contributed by atoms with Crippen LogP contribution in [0.2, 0.25) is 0 Å². The van der Waals surface area contributed by atoms with Crippen molar-refractivity contribution in [3.05, 3.63) is 33.9 Å². The number of carboxylic acid groups (broad SMARTS) is 1. The van der Waals surface area contributed by atoms with E-state index in [1.54, 1.807) is 0 Å². The van der Waals surface area contributed by atoms with Crippen LogP contribution >= 0.6 is 0 Å². The van der Waals surface area contributed by atoms with Crippen LogP contribution in [0.25, 0.3) is 0 Å². The minimum atomic E-state index is -1.31. The molecular weight excluding hydrogens is 262 g/mol. The van der Waals surface area contributed by atoms with Crippen LogP contribution in [0.3, 0.4) is 0 Å². The molecule has 0 aliphatic heterocycles. The highest BCUT2D eigenvalue weighted by atomic mass is 16.6. The van der Waals surface area contributed by atoms with Gasteiger partial charge in [-0.2, -0.15) is 0 Å². The van der Waals surface area contributed by atoms with Gasteiger partial charge in [-0.3, -0.25) is 10.1 Å². The molecule has 0 spiro atoms. The molecule has 2 rings (SSSR count). The summed E-state index contributed by atoms with van der Waals surface area (Å²) in [5, 5.41) is 19.8. The van der Waals surface area contributed by atoms with Crippen molar-refractivity contribution < 1.29 is 19.6 Å². The summed E-state index contributed by atoms with van der Waals surface area (Å²) in [7, 11) is 0. The van der Waals surface area contributed by atoms with Gasteiger partial charge in [0.25, 0.3) is 5.69 Å². The summed E-state index contributed by atoms with van der Waals surface area (Å²) in [6, 6.07) is 3.90. The zero-order valence-corrected chi connectivity index (χ0v) is 11.2. The lowest BCUT2D eigenvalue weighted by atomic mass is 9.89. The zero-order valence-electron chi connectivity index (χ0n) is 11.2. The van der Waals surface area contributed by atoms with E-state index in [2.05, 4.69) is 6.92 Å². The van der Waals surface area contributed by atoms with Crippen LogP contribution in [-0.2, 0) is 0 Å². The molecule has 6 nitrogen and oxygen atoms in total. The van der Waals surface area contributed by atoms with Crippen molar-refractivity contribution in [2.75, 3.05) is 0 Å². The molecule has 0 saturated heterocycles. The second-order valence-electron chi connectivity index (χ2n) is 5.24. The van der Waals surface area contributed by atoms with Gasteiger partial charge in [-0.05, 0) is 43.7 Å². The van der Waals surface area contributed by atoms with E-state index in [1.165, 1.54) is 18.2 Å². The second kappa shape index (κ2) is 5.90. The average Bonchev–Trinajstić information content (AvgIpc) is 2.41. The normalized spacial score (nSPS) is 22.2. The highest BCUT2D eigenvalue weighted by molar-refractivity contribution is 5.92. The first-order chi connectivity index (χ1) is 9.47. The summed E-state index contributed by atoms with van der Waals surface area (Å²) in [6.07, 6.45) is 4.08. The van der Waals surface area contributed by atoms with Crippen molar-refractivity contribution in [1.82, 2.24) is 0 Å². The number of hydrogen-bond donors (Lipinski definition) is 1. The Labute approximate surface area is 116 Å². The number of rotatable bonds is 4. The fourth-order valence-electron chi connectivity index (χ4n) is 2.46. The first-order valence-electron chi connectivity index (χ1n) is 6.65. The van der Waals surface area contributed by atoms with E-state index in [4.69, 9.17) is 9.84 Å². The Bertz CT molecular complexity index is 520. The van der Waals surface area contributed by atoms with Crippen LogP contribution < -0.4 is 4.74 Å². The number of hydrogen-bond acceptors (Lipinski definition) is 4. The Morgan fingerprint density at radius 1 is 1.35 bits per heavy atom. The SMILES string of the molecule is CC1CCC(Oc2ccc(C(=O)O)c([N+](=O)[O-])c2)CC1. The second-order valence-corrected chi connectivity index (χ2v) is 5.24. The van der Waals surface area contributed by atoms with Gasteiger partial charge in [-0.1, -0.05) is 6.92 Å². The maximum atomic E-state index is 10.9.